The van der Waals surface area contributed by atoms with Crippen LogP contribution < -0.4 is 5.32 Å². The number of aromatic nitrogens is 1. The first-order chi connectivity index (χ1) is 9.11. The fourth-order valence-corrected chi connectivity index (χ4v) is 1.64. The minimum Gasteiger partial charge on any atom is -0.319 e. The monoisotopic (exact) mass is 275 g/mol. The summed E-state index contributed by atoms with van der Waals surface area (Å²) >= 11 is 5.81. The van der Waals surface area contributed by atoms with E-state index in [9.17, 15) is 9.18 Å². The van der Waals surface area contributed by atoms with Gasteiger partial charge in [0.05, 0.1) is 27.9 Å². The summed E-state index contributed by atoms with van der Waals surface area (Å²) in [6.07, 6.45) is 2.74. The molecule has 1 aromatic heterocycles. The van der Waals surface area contributed by atoms with Crippen LogP contribution in [-0.2, 0) is 0 Å². The lowest BCUT2D eigenvalue weighted by Gasteiger charge is -2.07. The molecule has 0 radical (unpaired) electrons. The van der Waals surface area contributed by atoms with Gasteiger partial charge >= 0.3 is 0 Å². The van der Waals surface area contributed by atoms with Crippen LogP contribution in [0.2, 0.25) is 5.02 Å². The molecule has 0 unspecified atom stereocenters. The first-order valence-corrected chi connectivity index (χ1v) is 5.60. The van der Waals surface area contributed by atoms with E-state index in [1.807, 2.05) is 6.07 Å². The molecule has 1 N–H and O–H groups in total. The van der Waals surface area contributed by atoms with E-state index in [0.717, 1.165) is 6.07 Å². The molecule has 2 rings (SSSR count). The number of rotatable bonds is 2. The van der Waals surface area contributed by atoms with E-state index in [1.165, 1.54) is 30.6 Å². The van der Waals surface area contributed by atoms with Crippen LogP contribution in [0.1, 0.15) is 15.9 Å². The number of hydrogen-bond donors (Lipinski definition) is 1. The lowest BCUT2D eigenvalue weighted by molar-refractivity contribution is 0.102. The number of nitrogens with zero attached hydrogens (tertiary/aromatic N) is 2. The summed E-state index contributed by atoms with van der Waals surface area (Å²) in [4.78, 5) is 15.6. The zero-order valence-electron chi connectivity index (χ0n) is 9.52. The lowest BCUT2D eigenvalue weighted by Crippen LogP contribution is -2.13. The van der Waals surface area contributed by atoms with Gasteiger partial charge in [-0.15, -0.1) is 0 Å². The highest BCUT2D eigenvalue weighted by atomic mass is 35.5. The summed E-state index contributed by atoms with van der Waals surface area (Å²) in [5.74, 6) is -1.23. The van der Waals surface area contributed by atoms with Gasteiger partial charge in [-0.3, -0.25) is 9.78 Å². The predicted molar refractivity (Wildman–Crippen MR) is 68.3 cm³/mol. The van der Waals surface area contributed by atoms with Gasteiger partial charge < -0.3 is 5.32 Å². The standard InChI is InChI=1S/C13H7ClFN3O/c14-10-7-17-4-3-9(10)13(19)18-12-2-1-8(6-16)5-11(12)15/h1-5,7H,(H,18,19). The summed E-state index contributed by atoms with van der Waals surface area (Å²) in [6, 6.07) is 7.01. The fourth-order valence-electron chi connectivity index (χ4n) is 1.44. The van der Waals surface area contributed by atoms with Gasteiger partial charge in [-0.1, -0.05) is 11.6 Å². The van der Waals surface area contributed by atoms with Crippen molar-refractivity contribution < 1.29 is 9.18 Å². The molecule has 0 aliphatic carbocycles. The number of pyridine rings is 1. The molecule has 1 heterocycles. The molecule has 19 heavy (non-hydrogen) atoms. The number of nitriles is 1. The summed E-state index contributed by atoms with van der Waals surface area (Å²) in [7, 11) is 0. The van der Waals surface area contributed by atoms with E-state index < -0.39 is 11.7 Å². The zero-order chi connectivity index (χ0) is 13.8. The highest BCUT2D eigenvalue weighted by Crippen LogP contribution is 2.19. The minimum absolute atomic E-state index is 0.0168. The molecule has 0 saturated heterocycles. The second-order valence-electron chi connectivity index (χ2n) is 3.62. The van der Waals surface area contributed by atoms with Crippen LogP contribution in [0.4, 0.5) is 10.1 Å². The first kappa shape index (κ1) is 13.0. The second-order valence-corrected chi connectivity index (χ2v) is 4.02. The van der Waals surface area contributed by atoms with Crippen LogP contribution in [0.25, 0.3) is 0 Å². The van der Waals surface area contributed by atoms with Gasteiger partial charge in [-0.05, 0) is 24.3 Å². The molecule has 1 aromatic carbocycles. The quantitative estimate of drug-likeness (QED) is 0.916. The third kappa shape index (κ3) is 2.87. The van der Waals surface area contributed by atoms with E-state index in [0.29, 0.717) is 0 Å². The Morgan fingerprint density at radius 2 is 2.21 bits per heavy atom. The molecule has 2 aromatic rings. The molecule has 94 valence electrons. The molecule has 0 fully saturated rings. The Balaban J connectivity index is 2.25. The normalized spacial score (nSPS) is 9.74. The Morgan fingerprint density at radius 3 is 2.84 bits per heavy atom. The van der Waals surface area contributed by atoms with Gasteiger partial charge in [-0.2, -0.15) is 5.26 Å². The minimum atomic E-state index is -0.683. The molecule has 0 saturated carbocycles. The van der Waals surface area contributed by atoms with Crippen LogP contribution in [0.5, 0.6) is 0 Å². The van der Waals surface area contributed by atoms with Gasteiger partial charge in [0.25, 0.3) is 5.91 Å². The smallest absolute Gasteiger partial charge is 0.257 e. The Bertz CT molecular complexity index is 682. The molecule has 0 spiro atoms. The maximum Gasteiger partial charge on any atom is 0.257 e. The van der Waals surface area contributed by atoms with Gasteiger partial charge in [0, 0.05) is 12.4 Å². The maximum atomic E-state index is 13.6. The SMILES string of the molecule is N#Cc1ccc(NC(=O)c2ccncc2Cl)c(F)c1. The topological polar surface area (TPSA) is 65.8 Å². The zero-order valence-corrected chi connectivity index (χ0v) is 10.3. The fraction of sp³-hybridized carbons (Fsp3) is 0. The van der Waals surface area contributed by atoms with Crippen molar-refractivity contribution >= 4 is 23.2 Å². The Labute approximate surface area is 113 Å². The Morgan fingerprint density at radius 1 is 1.42 bits per heavy atom. The average molecular weight is 276 g/mol. The molecule has 0 bridgehead atoms. The van der Waals surface area contributed by atoms with E-state index in [4.69, 9.17) is 16.9 Å². The maximum absolute atomic E-state index is 13.6. The van der Waals surface area contributed by atoms with Crippen molar-refractivity contribution in [3.8, 4) is 6.07 Å². The summed E-state index contributed by atoms with van der Waals surface area (Å²) in [5, 5.41) is 11.2. The Hall–Kier alpha value is -2.45. The van der Waals surface area contributed by atoms with Crippen LogP contribution >= 0.6 is 11.6 Å². The number of carbonyl (C=O) groups excluding carboxylic acids is 1. The molecule has 0 aliphatic rings. The molecule has 0 atom stereocenters. The highest BCUT2D eigenvalue weighted by molar-refractivity contribution is 6.34. The summed E-state index contributed by atoms with van der Waals surface area (Å²) in [5.41, 5.74) is 0.356. The van der Waals surface area contributed by atoms with E-state index in [1.54, 1.807) is 0 Å². The van der Waals surface area contributed by atoms with Gasteiger partial charge in [0.2, 0.25) is 0 Å². The second kappa shape index (κ2) is 5.46. The average Bonchev–Trinajstić information content (AvgIpc) is 2.41. The number of carbonyl (C=O) groups is 1. The van der Waals surface area contributed by atoms with Crippen LogP contribution in [0.3, 0.4) is 0 Å². The van der Waals surface area contributed by atoms with Crippen molar-refractivity contribution in [2.45, 2.75) is 0 Å². The predicted octanol–water partition coefficient (Wildman–Crippen LogP) is 3.00. The van der Waals surface area contributed by atoms with E-state index in [-0.39, 0.29) is 21.8 Å². The number of halogens is 2. The first-order valence-electron chi connectivity index (χ1n) is 5.22. The lowest BCUT2D eigenvalue weighted by atomic mass is 10.2. The van der Waals surface area contributed by atoms with Crippen molar-refractivity contribution in [3.05, 3.63) is 58.6 Å². The van der Waals surface area contributed by atoms with Crippen molar-refractivity contribution in [1.82, 2.24) is 4.98 Å². The van der Waals surface area contributed by atoms with Crippen LogP contribution in [0, 0.1) is 17.1 Å². The molecule has 4 nitrogen and oxygen atoms in total. The molecular weight excluding hydrogens is 269 g/mol. The van der Waals surface area contributed by atoms with Gasteiger partial charge in [0.15, 0.2) is 0 Å². The summed E-state index contributed by atoms with van der Waals surface area (Å²) < 4.78 is 13.6. The van der Waals surface area contributed by atoms with Gasteiger partial charge in [0.1, 0.15) is 5.82 Å². The van der Waals surface area contributed by atoms with E-state index in [2.05, 4.69) is 10.3 Å². The highest BCUT2D eigenvalue weighted by Gasteiger charge is 2.12. The largest absolute Gasteiger partial charge is 0.319 e. The Kier molecular flexibility index (Phi) is 3.74. The molecule has 0 aliphatic heterocycles. The van der Waals surface area contributed by atoms with Crippen LogP contribution in [0.15, 0.2) is 36.7 Å². The number of amides is 1. The molecule has 6 heteroatoms. The van der Waals surface area contributed by atoms with Gasteiger partial charge in [-0.25, -0.2) is 4.39 Å². The number of hydrogen-bond acceptors (Lipinski definition) is 3. The number of benzene rings is 1. The third-order valence-electron chi connectivity index (χ3n) is 2.36. The van der Waals surface area contributed by atoms with E-state index >= 15 is 0 Å². The molecular formula is C13H7ClFN3O. The number of anilines is 1. The molecule has 1 amide bonds. The van der Waals surface area contributed by atoms with Crippen molar-refractivity contribution in [3.63, 3.8) is 0 Å². The summed E-state index contributed by atoms with van der Waals surface area (Å²) in [6.45, 7) is 0. The van der Waals surface area contributed by atoms with Crippen molar-refractivity contribution in [2.24, 2.45) is 0 Å². The van der Waals surface area contributed by atoms with Crippen LogP contribution in [-0.4, -0.2) is 10.9 Å². The van der Waals surface area contributed by atoms with Crippen molar-refractivity contribution in [2.75, 3.05) is 5.32 Å². The van der Waals surface area contributed by atoms with Crippen molar-refractivity contribution in [1.29, 1.82) is 5.26 Å². The number of nitrogens with one attached hydrogen (secondary N) is 1. The third-order valence-corrected chi connectivity index (χ3v) is 2.66.